The van der Waals surface area contributed by atoms with Gasteiger partial charge in [0.1, 0.15) is 13.2 Å². The molecule has 6 nitrogen and oxygen atoms in total. The molecule has 0 fully saturated rings. The second-order valence-corrected chi connectivity index (χ2v) is 17.0. The van der Waals surface area contributed by atoms with Gasteiger partial charge >= 0.3 is 11.9 Å². The minimum absolute atomic E-state index is 0.110. The predicted molar refractivity (Wildman–Crippen MR) is 247 cm³/mol. The van der Waals surface area contributed by atoms with Crippen molar-refractivity contribution in [2.45, 2.75) is 208 Å². The van der Waals surface area contributed by atoms with Crippen LogP contribution in [0, 0.1) is 0 Å². The third kappa shape index (κ3) is 27.1. The molecule has 0 aromatic heterocycles. The Balaban J connectivity index is 1.70. The molecule has 0 radical (unpaired) electrons. The van der Waals surface area contributed by atoms with E-state index < -0.39 is 0 Å². The van der Waals surface area contributed by atoms with E-state index in [1.54, 1.807) is 0 Å². The van der Waals surface area contributed by atoms with Gasteiger partial charge in [-0.3, -0.25) is 9.59 Å². The average molecular weight is 805 g/mol. The molecular formula is C52H88N2O4. The van der Waals surface area contributed by atoms with Crippen LogP contribution in [0.2, 0.25) is 0 Å². The highest BCUT2D eigenvalue weighted by atomic mass is 16.5. The lowest BCUT2D eigenvalue weighted by Crippen LogP contribution is -2.28. The van der Waals surface area contributed by atoms with Crippen LogP contribution in [-0.4, -0.2) is 61.0 Å². The van der Waals surface area contributed by atoms with Crippen LogP contribution >= 0.6 is 0 Å². The number of hydrogen-bond acceptors (Lipinski definition) is 6. The van der Waals surface area contributed by atoms with E-state index in [1.165, 1.54) is 141 Å². The van der Waals surface area contributed by atoms with Crippen LogP contribution in [-0.2, 0) is 32.3 Å². The fourth-order valence-electron chi connectivity index (χ4n) is 7.73. The zero-order chi connectivity index (χ0) is 41.7. The molecule has 330 valence electrons. The molecule has 58 heavy (non-hydrogen) atoms. The quantitative estimate of drug-likeness (QED) is 0.0495. The highest BCUT2D eigenvalue weighted by Gasteiger charge is 2.11. The second-order valence-electron chi connectivity index (χ2n) is 17.0. The Hall–Kier alpha value is -2.70. The zero-order valence-electron chi connectivity index (χ0n) is 38.2. The summed E-state index contributed by atoms with van der Waals surface area (Å²) in [5.74, 6) is -0.220. The monoisotopic (exact) mass is 805 g/mol. The van der Waals surface area contributed by atoms with Crippen LogP contribution in [0.3, 0.4) is 0 Å². The van der Waals surface area contributed by atoms with Crippen molar-refractivity contribution in [3.05, 3.63) is 59.7 Å². The summed E-state index contributed by atoms with van der Waals surface area (Å²) in [7, 11) is 0. The van der Waals surface area contributed by atoms with Gasteiger partial charge in [0, 0.05) is 12.8 Å². The van der Waals surface area contributed by atoms with Crippen LogP contribution in [0.4, 0.5) is 0 Å². The molecule has 0 aliphatic heterocycles. The smallest absolute Gasteiger partial charge is 0.306 e. The second kappa shape index (κ2) is 36.2. The Morgan fingerprint density at radius 3 is 0.914 bits per heavy atom. The number of carbonyl (C=O) groups excluding carboxylic acids is 2. The van der Waals surface area contributed by atoms with Crippen molar-refractivity contribution in [1.29, 1.82) is 0 Å². The van der Waals surface area contributed by atoms with Gasteiger partial charge in [-0.2, -0.15) is 0 Å². The predicted octanol–water partition coefficient (Wildman–Crippen LogP) is 14.3. The maximum Gasteiger partial charge on any atom is 0.306 e. The summed E-state index contributed by atoms with van der Waals surface area (Å²) in [5, 5.41) is 0. The molecule has 0 spiro atoms. The topological polar surface area (TPSA) is 59.1 Å². The lowest BCUT2D eigenvalue weighted by atomic mass is 10.0. The van der Waals surface area contributed by atoms with Gasteiger partial charge in [0.2, 0.25) is 0 Å². The number of nitrogens with zero attached hydrogens (tertiary/aromatic N) is 2. The Bertz CT molecular complexity index is 1150. The zero-order valence-corrected chi connectivity index (χ0v) is 38.2. The molecule has 0 unspecified atom stereocenters. The van der Waals surface area contributed by atoms with Crippen molar-refractivity contribution < 1.29 is 19.1 Å². The maximum atomic E-state index is 12.6. The van der Waals surface area contributed by atoms with E-state index in [2.05, 4.69) is 61.8 Å². The van der Waals surface area contributed by atoms with Crippen molar-refractivity contribution in [1.82, 2.24) is 9.80 Å². The molecule has 2 aromatic rings. The van der Waals surface area contributed by atoms with E-state index >= 15 is 0 Å². The molecule has 0 atom stereocenters. The van der Waals surface area contributed by atoms with Crippen LogP contribution in [0.1, 0.15) is 206 Å². The molecule has 0 saturated carbocycles. The minimum atomic E-state index is -0.110. The number of unbranched alkanes of at least 4 members (excludes halogenated alkanes) is 18. The van der Waals surface area contributed by atoms with E-state index in [-0.39, 0.29) is 11.9 Å². The molecule has 0 aliphatic rings. The van der Waals surface area contributed by atoms with Gasteiger partial charge in [0.05, 0.1) is 0 Å². The third-order valence-electron chi connectivity index (χ3n) is 11.6. The van der Waals surface area contributed by atoms with Gasteiger partial charge in [0.25, 0.3) is 0 Å². The third-order valence-corrected chi connectivity index (χ3v) is 11.6. The highest BCUT2D eigenvalue weighted by molar-refractivity contribution is 5.70. The van der Waals surface area contributed by atoms with Crippen LogP contribution in [0.25, 0.3) is 11.1 Å². The lowest BCUT2D eigenvalue weighted by molar-refractivity contribution is -0.146. The number of benzene rings is 2. The number of ether oxygens (including phenoxy) is 2. The summed E-state index contributed by atoms with van der Waals surface area (Å²) in [6.45, 7) is 16.2. The number of hydrogen-bond donors (Lipinski definition) is 0. The Morgan fingerprint density at radius 2 is 0.621 bits per heavy atom. The molecule has 0 N–H and O–H groups in total. The Kier molecular flexibility index (Phi) is 32.1. The average Bonchev–Trinajstić information content (AvgIpc) is 3.24. The molecule has 2 rings (SSSR count). The van der Waals surface area contributed by atoms with Gasteiger partial charge in [-0.15, -0.1) is 0 Å². The van der Waals surface area contributed by atoms with Gasteiger partial charge < -0.3 is 19.3 Å². The van der Waals surface area contributed by atoms with Crippen molar-refractivity contribution in [2.75, 3.05) is 39.3 Å². The molecule has 0 amide bonds. The van der Waals surface area contributed by atoms with Crippen LogP contribution in [0.15, 0.2) is 48.5 Å². The maximum absolute atomic E-state index is 12.6. The first kappa shape index (κ1) is 51.4. The number of esters is 2. The van der Waals surface area contributed by atoms with E-state index in [4.69, 9.17) is 9.47 Å². The van der Waals surface area contributed by atoms with E-state index in [1.807, 2.05) is 24.3 Å². The van der Waals surface area contributed by atoms with E-state index in [0.29, 0.717) is 26.1 Å². The molecule has 6 heteroatoms. The van der Waals surface area contributed by atoms with Crippen LogP contribution < -0.4 is 0 Å². The Morgan fingerprint density at radius 1 is 0.362 bits per heavy atom. The summed E-state index contributed by atoms with van der Waals surface area (Å²) >= 11 is 0. The largest absolute Gasteiger partial charge is 0.461 e. The number of rotatable bonds is 39. The van der Waals surface area contributed by atoms with Crippen LogP contribution in [0.5, 0.6) is 0 Å². The van der Waals surface area contributed by atoms with Gasteiger partial charge in [-0.1, -0.05) is 192 Å². The minimum Gasteiger partial charge on any atom is -0.461 e. The van der Waals surface area contributed by atoms with Gasteiger partial charge in [-0.25, -0.2) is 0 Å². The Labute approximate surface area is 357 Å². The SMILES string of the molecule is CCCCCCCCN(CCCCCCC)CCCC(=O)OCc1ccc(-c2ccc(COC(=O)CCCN(CCCCCCC)CCCCCCCC)cc2)cc1. The summed E-state index contributed by atoms with van der Waals surface area (Å²) < 4.78 is 11.3. The fourth-order valence-corrected chi connectivity index (χ4v) is 7.73. The van der Waals surface area contributed by atoms with E-state index in [9.17, 15) is 9.59 Å². The van der Waals surface area contributed by atoms with Crippen molar-refractivity contribution in [2.24, 2.45) is 0 Å². The summed E-state index contributed by atoms with van der Waals surface area (Å²) in [5.41, 5.74) is 4.20. The first-order valence-electron chi connectivity index (χ1n) is 24.4. The first-order chi connectivity index (χ1) is 28.5. The van der Waals surface area contributed by atoms with E-state index in [0.717, 1.165) is 74.4 Å². The normalized spacial score (nSPS) is 11.5. The van der Waals surface area contributed by atoms with Crippen molar-refractivity contribution in [3.63, 3.8) is 0 Å². The van der Waals surface area contributed by atoms with Gasteiger partial charge in [-0.05, 0) is 100 Å². The number of carbonyl (C=O) groups is 2. The summed E-state index contributed by atoms with van der Waals surface area (Å²) in [6, 6.07) is 16.5. The molecule has 2 aromatic carbocycles. The molecule has 0 bridgehead atoms. The standard InChI is InChI=1S/C52H88N2O4/c1-5-9-13-17-21-25-41-53(39-23-19-15-11-7-3)43-27-29-51(55)57-45-47-31-35-49(36-32-47)50-37-33-48(34-38-50)46-58-52(56)30-28-44-54(40-24-20-16-12-8-4)42-26-22-18-14-10-6-2/h31-38H,5-30,39-46H2,1-4H3. The lowest BCUT2D eigenvalue weighted by Gasteiger charge is -2.22. The molecular weight excluding hydrogens is 717 g/mol. The first-order valence-corrected chi connectivity index (χ1v) is 24.4. The molecule has 0 heterocycles. The highest BCUT2D eigenvalue weighted by Crippen LogP contribution is 2.22. The summed E-state index contributed by atoms with van der Waals surface area (Å²) in [6.07, 6.45) is 31.5. The summed E-state index contributed by atoms with van der Waals surface area (Å²) in [4.78, 5) is 30.5. The fraction of sp³-hybridized carbons (Fsp3) is 0.731. The van der Waals surface area contributed by atoms with Crippen molar-refractivity contribution in [3.8, 4) is 11.1 Å². The van der Waals surface area contributed by atoms with Gasteiger partial charge in [0.15, 0.2) is 0 Å². The molecule has 0 aliphatic carbocycles. The molecule has 0 saturated heterocycles. The van der Waals surface area contributed by atoms with Crippen molar-refractivity contribution >= 4 is 11.9 Å².